The van der Waals surface area contributed by atoms with Gasteiger partial charge >= 0.3 is 0 Å². The van der Waals surface area contributed by atoms with Crippen molar-refractivity contribution in [2.24, 2.45) is 4.99 Å². The lowest BCUT2D eigenvalue weighted by Crippen LogP contribution is -2.19. The number of amidine groups is 1. The lowest BCUT2D eigenvalue weighted by atomic mass is 10.2. The molecule has 2 aromatic carbocycles. The van der Waals surface area contributed by atoms with Crippen LogP contribution >= 0.6 is 23.4 Å². The summed E-state index contributed by atoms with van der Waals surface area (Å²) >= 11 is 7.53. The van der Waals surface area contributed by atoms with Crippen LogP contribution in [0.4, 0.5) is 5.69 Å². The Morgan fingerprint density at radius 2 is 2.04 bits per heavy atom. The second-order valence-electron chi connectivity index (χ2n) is 5.88. The van der Waals surface area contributed by atoms with Gasteiger partial charge in [0.05, 0.1) is 17.0 Å². The number of methoxy groups -OCH3 is 1. The van der Waals surface area contributed by atoms with E-state index in [4.69, 9.17) is 25.8 Å². The van der Waals surface area contributed by atoms with Crippen molar-refractivity contribution in [2.75, 3.05) is 13.9 Å². The van der Waals surface area contributed by atoms with Gasteiger partial charge in [-0.15, -0.1) is 0 Å². The van der Waals surface area contributed by atoms with Gasteiger partial charge in [-0.25, -0.2) is 4.99 Å². The molecule has 4 rings (SSSR count). The highest BCUT2D eigenvalue weighted by Gasteiger charge is 2.25. The zero-order valence-corrected chi connectivity index (χ0v) is 16.1. The highest BCUT2D eigenvalue weighted by Crippen LogP contribution is 2.39. The Morgan fingerprint density at radius 3 is 2.81 bits per heavy atom. The van der Waals surface area contributed by atoms with Crippen LogP contribution in [0.2, 0.25) is 5.02 Å². The number of nitrogens with zero attached hydrogens (tertiary/aromatic N) is 1. The molecular formula is C19H15ClN2O4S. The molecule has 0 aromatic heterocycles. The molecule has 1 N–H and O–H groups in total. The smallest absolute Gasteiger partial charge is 0.264 e. The van der Waals surface area contributed by atoms with Crippen molar-refractivity contribution in [1.82, 2.24) is 5.32 Å². The Hall–Kier alpha value is -2.64. The Labute approximate surface area is 165 Å². The molecule has 0 bridgehead atoms. The van der Waals surface area contributed by atoms with Gasteiger partial charge < -0.3 is 19.5 Å². The third-order valence-corrected chi connectivity index (χ3v) is 5.22. The lowest BCUT2D eigenvalue weighted by Gasteiger charge is -2.05. The predicted octanol–water partition coefficient (Wildman–Crippen LogP) is 4.28. The third-order valence-electron chi connectivity index (χ3n) is 3.99. The summed E-state index contributed by atoms with van der Waals surface area (Å²) in [5.74, 6) is 1.60. The maximum Gasteiger partial charge on any atom is 0.264 e. The standard InChI is InChI=1S/C19H15ClN2O4S/c1-10-3-4-14(24-2)13(5-10)21-19-22-18(23)17(27-19)7-11-6-15-16(8-12(11)20)26-9-25-15/h3-8H,9H2,1-2H3,(H,21,22,23)/b17-7-. The van der Waals surface area contributed by atoms with Gasteiger partial charge in [0.15, 0.2) is 16.7 Å². The lowest BCUT2D eigenvalue weighted by molar-refractivity contribution is -0.115. The molecular weight excluding hydrogens is 388 g/mol. The Bertz CT molecular complexity index is 1000. The van der Waals surface area contributed by atoms with Crippen molar-refractivity contribution >= 4 is 46.2 Å². The number of fused-ring (bicyclic) bond motifs is 1. The van der Waals surface area contributed by atoms with E-state index in [0.29, 0.717) is 43.6 Å². The minimum atomic E-state index is -0.237. The average molecular weight is 403 g/mol. The van der Waals surface area contributed by atoms with Crippen LogP contribution in [0.25, 0.3) is 6.08 Å². The number of amides is 1. The second-order valence-corrected chi connectivity index (χ2v) is 7.32. The summed E-state index contributed by atoms with van der Waals surface area (Å²) in [6.45, 7) is 2.13. The fourth-order valence-electron chi connectivity index (χ4n) is 2.66. The number of aliphatic imine (C=N–C) groups is 1. The average Bonchev–Trinajstić information content (AvgIpc) is 3.21. The summed E-state index contributed by atoms with van der Waals surface area (Å²) < 4.78 is 16.0. The van der Waals surface area contributed by atoms with Crippen LogP contribution in [0.1, 0.15) is 11.1 Å². The first kappa shape index (κ1) is 17.8. The Morgan fingerprint density at radius 1 is 1.26 bits per heavy atom. The Kier molecular flexibility index (Phi) is 4.72. The third kappa shape index (κ3) is 3.61. The minimum Gasteiger partial charge on any atom is -0.494 e. The Balaban J connectivity index is 1.63. The molecule has 1 saturated heterocycles. The number of carbonyl (C=O) groups is 1. The molecule has 2 aliphatic rings. The largest absolute Gasteiger partial charge is 0.494 e. The molecule has 1 fully saturated rings. The number of aryl methyl sites for hydroxylation is 1. The summed E-state index contributed by atoms with van der Waals surface area (Å²) in [7, 11) is 1.59. The molecule has 2 aliphatic heterocycles. The molecule has 0 unspecified atom stereocenters. The normalized spacial score (nSPS) is 18.3. The highest BCUT2D eigenvalue weighted by atomic mass is 35.5. The van der Waals surface area contributed by atoms with Crippen LogP contribution < -0.4 is 19.5 Å². The predicted molar refractivity (Wildman–Crippen MR) is 106 cm³/mol. The van der Waals surface area contributed by atoms with E-state index in [2.05, 4.69) is 10.3 Å². The molecule has 138 valence electrons. The number of hydrogen-bond acceptors (Lipinski definition) is 6. The quantitative estimate of drug-likeness (QED) is 0.776. The van der Waals surface area contributed by atoms with Crippen molar-refractivity contribution in [1.29, 1.82) is 0 Å². The molecule has 0 spiro atoms. The van der Waals surface area contributed by atoms with Gasteiger partial charge in [-0.05, 0) is 54.1 Å². The summed E-state index contributed by atoms with van der Waals surface area (Å²) in [5.41, 5.74) is 2.38. The number of hydrogen-bond donors (Lipinski definition) is 1. The number of ether oxygens (including phenoxy) is 3. The van der Waals surface area contributed by atoms with Crippen LogP contribution in [0.15, 0.2) is 40.2 Å². The summed E-state index contributed by atoms with van der Waals surface area (Å²) in [5, 5.41) is 3.72. The molecule has 0 atom stereocenters. The van der Waals surface area contributed by atoms with Gasteiger partial charge in [0, 0.05) is 6.07 Å². The molecule has 2 heterocycles. The number of nitrogens with one attached hydrogen (secondary N) is 1. The van der Waals surface area contributed by atoms with Crippen molar-refractivity contribution in [3.05, 3.63) is 51.4 Å². The minimum absolute atomic E-state index is 0.163. The second kappa shape index (κ2) is 7.17. The topological polar surface area (TPSA) is 69.2 Å². The maximum atomic E-state index is 12.3. The fourth-order valence-corrected chi connectivity index (χ4v) is 3.70. The van der Waals surface area contributed by atoms with E-state index in [1.807, 2.05) is 25.1 Å². The number of rotatable bonds is 3. The van der Waals surface area contributed by atoms with Gasteiger partial charge in [0.1, 0.15) is 11.4 Å². The van der Waals surface area contributed by atoms with Crippen molar-refractivity contribution in [3.63, 3.8) is 0 Å². The summed E-state index contributed by atoms with van der Waals surface area (Å²) in [6.07, 6.45) is 1.71. The van der Waals surface area contributed by atoms with Gasteiger partial charge in [0.25, 0.3) is 5.91 Å². The highest BCUT2D eigenvalue weighted by molar-refractivity contribution is 8.18. The zero-order valence-electron chi connectivity index (χ0n) is 14.5. The van der Waals surface area contributed by atoms with Gasteiger partial charge in [0.2, 0.25) is 6.79 Å². The van der Waals surface area contributed by atoms with E-state index >= 15 is 0 Å². The van der Waals surface area contributed by atoms with Crippen molar-refractivity contribution < 1.29 is 19.0 Å². The van der Waals surface area contributed by atoms with E-state index in [0.717, 1.165) is 5.56 Å². The van der Waals surface area contributed by atoms with Gasteiger partial charge in [-0.1, -0.05) is 17.7 Å². The molecule has 0 aliphatic carbocycles. The molecule has 27 heavy (non-hydrogen) atoms. The van der Waals surface area contributed by atoms with Crippen LogP contribution in [0, 0.1) is 6.92 Å². The van der Waals surface area contributed by atoms with Crippen molar-refractivity contribution in [3.8, 4) is 17.2 Å². The number of halogens is 1. The molecule has 8 heteroatoms. The summed E-state index contributed by atoms with van der Waals surface area (Å²) in [4.78, 5) is 17.3. The van der Waals surface area contributed by atoms with Crippen LogP contribution in [0.3, 0.4) is 0 Å². The van der Waals surface area contributed by atoms with Crippen LogP contribution in [-0.2, 0) is 4.79 Å². The van der Waals surface area contributed by atoms with Crippen LogP contribution in [0.5, 0.6) is 17.2 Å². The van der Waals surface area contributed by atoms with E-state index in [1.54, 1.807) is 25.3 Å². The van der Waals surface area contributed by atoms with Gasteiger partial charge in [-0.2, -0.15) is 0 Å². The molecule has 2 aromatic rings. The fraction of sp³-hybridized carbons (Fsp3) is 0.158. The van der Waals surface area contributed by atoms with Gasteiger partial charge in [-0.3, -0.25) is 4.79 Å². The number of thioether (sulfide) groups is 1. The van der Waals surface area contributed by atoms with E-state index in [9.17, 15) is 4.79 Å². The first-order chi connectivity index (χ1) is 13.0. The zero-order chi connectivity index (χ0) is 19.0. The van der Waals surface area contributed by atoms with E-state index in [1.165, 1.54) is 11.8 Å². The molecule has 0 radical (unpaired) electrons. The molecule has 6 nitrogen and oxygen atoms in total. The maximum absolute atomic E-state index is 12.3. The SMILES string of the molecule is COc1ccc(C)cc1N=C1NC(=O)/C(=C/c2cc3c(cc2Cl)OCO3)S1. The first-order valence-corrected chi connectivity index (χ1v) is 9.26. The summed E-state index contributed by atoms with van der Waals surface area (Å²) in [6, 6.07) is 9.12. The van der Waals surface area contributed by atoms with E-state index in [-0.39, 0.29) is 12.7 Å². The number of benzene rings is 2. The number of carbonyl (C=O) groups excluding carboxylic acids is 1. The first-order valence-electron chi connectivity index (χ1n) is 8.07. The van der Waals surface area contributed by atoms with Crippen LogP contribution in [-0.4, -0.2) is 25.0 Å². The monoisotopic (exact) mass is 402 g/mol. The van der Waals surface area contributed by atoms with E-state index < -0.39 is 0 Å². The molecule has 0 saturated carbocycles. The van der Waals surface area contributed by atoms with Crippen molar-refractivity contribution in [2.45, 2.75) is 6.92 Å². The molecule has 1 amide bonds.